The number of hydrogen-bond donors (Lipinski definition) is 1. The highest BCUT2D eigenvalue weighted by molar-refractivity contribution is 7.94. The van der Waals surface area contributed by atoms with Gasteiger partial charge in [0, 0.05) is 6.54 Å². The van der Waals surface area contributed by atoms with Gasteiger partial charge in [-0.1, -0.05) is 12.1 Å². The lowest BCUT2D eigenvalue weighted by Crippen LogP contribution is -2.15. The molecule has 7 heteroatoms. The molecule has 0 saturated carbocycles. The number of hydrogen-bond acceptors (Lipinski definition) is 5. The van der Waals surface area contributed by atoms with Gasteiger partial charge in [0.2, 0.25) is 0 Å². The summed E-state index contributed by atoms with van der Waals surface area (Å²) in [6.45, 7) is 2.63. The van der Waals surface area contributed by atoms with Crippen molar-refractivity contribution >= 4 is 27.0 Å². The minimum atomic E-state index is -3.65. The number of sulfonamides is 1. The zero-order valence-corrected chi connectivity index (χ0v) is 14.7. The predicted octanol–water partition coefficient (Wildman–Crippen LogP) is 2.93. The van der Waals surface area contributed by atoms with E-state index >= 15 is 0 Å². The Morgan fingerprint density at radius 2 is 2.00 bits per heavy atom. The van der Waals surface area contributed by atoms with Gasteiger partial charge in [0.15, 0.2) is 4.21 Å². The molecule has 0 bridgehead atoms. The average Bonchev–Trinajstić information content (AvgIpc) is 2.91. The zero-order valence-electron chi connectivity index (χ0n) is 13.1. The van der Waals surface area contributed by atoms with Crippen molar-refractivity contribution in [2.75, 3.05) is 25.9 Å². The van der Waals surface area contributed by atoms with E-state index in [1.807, 2.05) is 44.1 Å². The van der Waals surface area contributed by atoms with Crippen LogP contribution in [-0.2, 0) is 16.6 Å². The highest BCUT2D eigenvalue weighted by Gasteiger charge is 2.22. The molecule has 2 rings (SSSR count). The molecule has 120 valence electrons. The quantitative estimate of drug-likeness (QED) is 0.878. The van der Waals surface area contributed by atoms with Crippen LogP contribution in [0.3, 0.4) is 0 Å². The summed E-state index contributed by atoms with van der Waals surface area (Å²) in [4.78, 5) is 2.03. The van der Waals surface area contributed by atoms with E-state index in [4.69, 9.17) is 4.74 Å². The van der Waals surface area contributed by atoms with E-state index in [0.717, 1.165) is 29.0 Å². The van der Waals surface area contributed by atoms with Crippen LogP contribution in [0, 0.1) is 6.92 Å². The van der Waals surface area contributed by atoms with Crippen molar-refractivity contribution in [3.05, 3.63) is 40.8 Å². The highest BCUT2D eigenvalue weighted by Crippen LogP contribution is 2.31. The molecule has 1 aromatic carbocycles. The second-order valence-corrected chi connectivity index (χ2v) is 8.06. The Morgan fingerprint density at radius 3 is 2.64 bits per heavy atom. The van der Waals surface area contributed by atoms with E-state index in [2.05, 4.69) is 4.72 Å². The maximum Gasteiger partial charge on any atom is 0.275 e. The van der Waals surface area contributed by atoms with Crippen LogP contribution in [-0.4, -0.2) is 34.5 Å². The summed E-state index contributed by atoms with van der Waals surface area (Å²) < 4.78 is 33.0. The maximum absolute atomic E-state index is 12.5. The van der Waals surface area contributed by atoms with Crippen LogP contribution < -0.4 is 9.46 Å². The lowest BCUT2D eigenvalue weighted by molar-refractivity contribution is 0.402. The van der Waals surface area contributed by atoms with Crippen LogP contribution in [0.25, 0.3) is 0 Å². The average molecular weight is 340 g/mol. The van der Waals surface area contributed by atoms with Crippen LogP contribution in [0.4, 0.5) is 5.69 Å². The van der Waals surface area contributed by atoms with Gasteiger partial charge >= 0.3 is 0 Å². The molecule has 1 aromatic heterocycles. The Morgan fingerprint density at radius 1 is 1.27 bits per heavy atom. The summed E-state index contributed by atoms with van der Waals surface area (Å²) in [5.74, 6) is 0.361. The number of methoxy groups -OCH3 is 1. The molecule has 1 heterocycles. The monoisotopic (exact) mass is 340 g/mol. The third-order valence-electron chi connectivity index (χ3n) is 3.10. The predicted molar refractivity (Wildman–Crippen MR) is 90.2 cm³/mol. The van der Waals surface area contributed by atoms with Crippen LogP contribution in [0.1, 0.15) is 11.1 Å². The SMILES string of the molecule is COc1ccsc1S(=O)(=O)Nc1cc(CN(C)C)ccc1C. The number of benzene rings is 1. The van der Waals surface area contributed by atoms with Gasteiger partial charge in [-0.15, -0.1) is 11.3 Å². The Kier molecular flexibility index (Phi) is 5.10. The Balaban J connectivity index is 2.33. The molecule has 0 atom stereocenters. The molecular weight excluding hydrogens is 320 g/mol. The van der Waals surface area contributed by atoms with Gasteiger partial charge in [-0.3, -0.25) is 4.72 Å². The second kappa shape index (κ2) is 6.68. The Bertz CT molecular complexity index is 752. The largest absolute Gasteiger partial charge is 0.494 e. The molecule has 0 aliphatic heterocycles. The first-order valence-corrected chi connectivity index (χ1v) is 9.08. The van der Waals surface area contributed by atoms with Gasteiger partial charge in [0.25, 0.3) is 10.0 Å². The summed E-state index contributed by atoms with van der Waals surface area (Å²) in [5, 5.41) is 1.70. The maximum atomic E-state index is 12.5. The number of anilines is 1. The number of nitrogens with zero attached hydrogens (tertiary/aromatic N) is 1. The lowest BCUT2D eigenvalue weighted by atomic mass is 10.1. The second-order valence-electron chi connectivity index (χ2n) is 5.27. The van der Waals surface area contributed by atoms with E-state index < -0.39 is 10.0 Å². The normalized spacial score (nSPS) is 11.7. The van der Waals surface area contributed by atoms with Crippen LogP contribution >= 0.6 is 11.3 Å². The summed E-state index contributed by atoms with van der Waals surface area (Å²) in [6.07, 6.45) is 0. The van der Waals surface area contributed by atoms with E-state index in [-0.39, 0.29) is 4.21 Å². The molecule has 0 aliphatic carbocycles. The number of ether oxygens (including phenoxy) is 1. The van der Waals surface area contributed by atoms with Crippen molar-refractivity contribution in [1.29, 1.82) is 0 Å². The summed E-state index contributed by atoms with van der Waals surface area (Å²) in [7, 11) is 1.76. The first-order valence-electron chi connectivity index (χ1n) is 6.72. The van der Waals surface area contributed by atoms with Gasteiger partial charge < -0.3 is 9.64 Å². The zero-order chi connectivity index (χ0) is 16.3. The number of thiophene rings is 1. The molecule has 0 radical (unpaired) electrons. The molecule has 0 amide bonds. The van der Waals surface area contributed by atoms with Crippen molar-refractivity contribution < 1.29 is 13.2 Å². The summed E-state index contributed by atoms with van der Waals surface area (Å²) >= 11 is 1.14. The topological polar surface area (TPSA) is 58.6 Å². The number of rotatable bonds is 6. The summed E-state index contributed by atoms with van der Waals surface area (Å²) in [6, 6.07) is 7.43. The van der Waals surface area contributed by atoms with Gasteiger partial charge in [-0.25, -0.2) is 8.42 Å². The molecule has 22 heavy (non-hydrogen) atoms. The highest BCUT2D eigenvalue weighted by atomic mass is 32.2. The molecule has 0 unspecified atom stereocenters. The van der Waals surface area contributed by atoms with Crippen LogP contribution in [0.5, 0.6) is 5.75 Å². The molecule has 1 N–H and O–H groups in total. The summed E-state index contributed by atoms with van der Waals surface area (Å²) in [5.41, 5.74) is 2.52. The first kappa shape index (κ1) is 16.8. The van der Waals surface area contributed by atoms with Crippen molar-refractivity contribution in [2.45, 2.75) is 17.7 Å². The standard InChI is InChI=1S/C15H20N2O3S2/c1-11-5-6-12(10-17(2)3)9-13(11)16-22(18,19)15-14(20-4)7-8-21-15/h5-9,16H,10H2,1-4H3. The van der Waals surface area contributed by atoms with Crippen molar-refractivity contribution in [3.8, 4) is 5.75 Å². The van der Waals surface area contributed by atoms with E-state index in [1.165, 1.54) is 7.11 Å². The Hall–Kier alpha value is -1.57. The van der Waals surface area contributed by atoms with Gasteiger partial charge in [0.1, 0.15) is 5.75 Å². The number of nitrogens with one attached hydrogen (secondary N) is 1. The Labute approximate surface area is 135 Å². The van der Waals surface area contributed by atoms with Gasteiger partial charge in [0.05, 0.1) is 12.8 Å². The van der Waals surface area contributed by atoms with Gasteiger partial charge in [-0.2, -0.15) is 0 Å². The fraction of sp³-hybridized carbons (Fsp3) is 0.333. The number of aryl methyl sites for hydroxylation is 1. The fourth-order valence-electron chi connectivity index (χ4n) is 2.06. The van der Waals surface area contributed by atoms with Crippen LogP contribution in [0.2, 0.25) is 0 Å². The van der Waals surface area contributed by atoms with E-state index in [0.29, 0.717) is 11.4 Å². The third kappa shape index (κ3) is 3.79. The lowest BCUT2D eigenvalue weighted by Gasteiger charge is -2.14. The molecule has 0 saturated heterocycles. The van der Waals surface area contributed by atoms with Crippen molar-refractivity contribution in [2.24, 2.45) is 0 Å². The van der Waals surface area contributed by atoms with Gasteiger partial charge in [-0.05, 0) is 49.7 Å². The first-order chi connectivity index (χ1) is 10.3. The molecule has 2 aromatic rings. The molecule has 0 spiro atoms. The fourth-order valence-corrected chi connectivity index (χ4v) is 4.46. The van der Waals surface area contributed by atoms with E-state index in [1.54, 1.807) is 11.4 Å². The molecule has 0 aliphatic rings. The van der Waals surface area contributed by atoms with Crippen LogP contribution in [0.15, 0.2) is 33.9 Å². The molecular formula is C15H20N2O3S2. The third-order valence-corrected chi connectivity index (χ3v) is 5.92. The smallest absolute Gasteiger partial charge is 0.275 e. The van der Waals surface area contributed by atoms with E-state index in [9.17, 15) is 8.42 Å². The van der Waals surface area contributed by atoms with Crippen molar-refractivity contribution in [1.82, 2.24) is 4.90 Å². The minimum absolute atomic E-state index is 0.187. The molecule has 0 fully saturated rings. The molecule has 5 nitrogen and oxygen atoms in total. The minimum Gasteiger partial charge on any atom is -0.494 e. The van der Waals surface area contributed by atoms with Crippen molar-refractivity contribution in [3.63, 3.8) is 0 Å².